The minimum absolute atomic E-state index is 0.0642. The van der Waals surface area contributed by atoms with Crippen molar-refractivity contribution in [3.63, 3.8) is 0 Å². The maximum absolute atomic E-state index is 13.0. The topological polar surface area (TPSA) is 205 Å². The van der Waals surface area contributed by atoms with Gasteiger partial charge in [0.25, 0.3) is 0 Å². The van der Waals surface area contributed by atoms with Crippen LogP contribution in [0.3, 0.4) is 0 Å². The molecule has 3 aromatic rings. The van der Waals surface area contributed by atoms with Crippen molar-refractivity contribution in [2.45, 2.75) is 44.3 Å². The molecule has 2 aromatic heterocycles. The quantitative estimate of drug-likeness (QED) is 0.203. The summed E-state index contributed by atoms with van der Waals surface area (Å²) in [5.41, 5.74) is 0.943. The van der Waals surface area contributed by atoms with E-state index in [0.29, 0.717) is 61.3 Å². The lowest BCUT2D eigenvalue weighted by atomic mass is 10.1. The number of aliphatic carboxylic acids is 4. The van der Waals surface area contributed by atoms with Crippen LogP contribution in [0.2, 0.25) is 0 Å². The van der Waals surface area contributed by atoms with E-state index >= 15 is 0 Å². The molecule has 0 saturated carbocycles. The second-order valence-corrected chi connectivity index (χ2v) is 11.8. The maximum atomic E-state index is 13.0. The molecule has 4 rings (SSSR count). The van der Waals surface area contributed by atoms with Gasteiger partial charge in [-0.1, -0.05) is 12.1 Å². The molecular formula is C32H41N5O10. The Hall–Kier alpha value is -4.44. The monoisotopic (exact) mass is 655 g/mol. The van der Waals surface area contributed by atoms with Gasteiger partial charge in [0.15, 0.2) is 0 Å². The number of carboxylic acid groups (broad SMARTS) is 4. The molecule has 0 aliphatic carbocycles. The summed E-state index contributed by atoms with van der Waals surface area (Å²) in [5.74, 6) is -4.39. The van der Waals surface area contributed by atoms with Crippen molar-refractivity contribution >= 4 is 45.9 Å². The zero-order valence-electron chi connectivity index (χ0n) is 26.3. The van der Waals surface area contributed by atoms with E-state index in [4.69, 9.17) is 4.42 Å². The highest BCUT2D eigenvalue weighted by molar-refractivity contribution is 5.88. The van der Waals surface area contributed by atoms with Crippen molar-refractivity contribution in [3.05, 3.63) is 52.3 Å². The van der Waals surface area contributed by atoms with Crippen molar-refractivity contribution < 1.29 is 44.0 Å². The first-order valence-corrected chi connectivity index (χ1v) is 15.5. The predicted molar refractivity (Wildman–Crippen MR) is 170 cm³/mol. The van der Waals surface area contributed by atoms with E-state index in [-0.39, 0.29) is 56.5 Å². The smallest absolute Gasteiger partial charge is 0.320 e. The summed E-state index contributed by atoms with van der Waals surface area (Å²) in [7, 11) is 1.83. The molecule has 15 heteroatoms. The molecule has 1 aromatic carbocycles. The molecule has 3 heterocycles. The van der Waals surface area contributed by atoms with Gasteiger partial charge in [-0.2, -0.15) is 0 Å². The van der Waals surface area contributed by atoms with Crippen molar-refractivity contribution in [2.75, 3.05) is 59.4 Å². The average molecular weight is 656 g/mol. The second kappa shape index (κ2) is 16.4. The minimum Gasteiger partial charge on any atom is -0.481 e. The molecule has 47 heavy (non-hydrogen) atoms. The summed E-state index contributed by atoms with van der Waals surface area (Å²) in [5, 5.41) is 39.3. The van der Waals surface area contributed by atoms with E-state index < -0.39 is 36.0 Å². The highest BCUT2D eigenvalue weighted by Gasteiger charge is 2.30. The number of rotatable bonds is 12. The first kappa shape index (κ1) is 35.4. The number of carboxylic acids is 4. The molecule has 254 valence electrons. The van der Waals surface area contributed by atoms with Crippen LogP contribution in [0.1, 0.15) is 31.4 Å². The van der Waals surface area contributed by atoms with Gasteiger partial charge in [0.05, 0.1) is 16.5 Å². The number of hydrogen-bond donors (Lipinski definition) is 4. The number of nitrogens with zero attached hydrogens (tertiary/aromatic N) is 5. The Morgan fingerprint density at radius 3 is 1.81 bits per heavy atom. The SMILES string of the molecule is CN1CCN(C(CCC(=O)O)C(=O)O)CCN(Cc2ccc3c(=O)c4ccccc4oc3n2)CCN(C(CCC(=O)O)C(=O)O)CC1. The van der Waals surface area contributed by atoms with Crippen LogP contribution in [0.4, 0.5) is 0 Å². The second-order valence-electron chi connectivity index (χ2n) is 11.8. The molecule has 1 aliphatic heterocycles. The Labute approximate surface area is 270 Å². The van der Waals surface area contributed by atoms with Crippen LogP contribution < -0.4 is 5.43 Å². The van der Waals surface area contributed by atoms with Crippen LogP contribution in [0.15, 0.2) is 45.6 Å². The predicted octanol–water partition coefficient (Wildman–Crippen LogP) is 1.33. The number of pyridine rings is 1. The lowest BCUT2D eigenvalue weighted by Gasteiger charge is -2.36. The first-order valence-electron chi connectivity index (χ1n) is 15.5. The van der Waals surface area contributed by atoms with E-state index in [0.717, 1.165) is 0 Å². The Morgan fingerprint density at radius 2 is 1.28 bits per heavy atom. The third-order valence-electron chi connectivity index (χ3n) is 8.55. The van der Waals surface area contributed by atoms with Crippen molar-refractivity contribution in [3.8, 4) is 0 Å². The number of fused-ring (bicyclic) bond motifs is 2. The Kier molecular flexibility index (Phi) is 12.4. The molecule has 1 saturated heterocycles. The number of hydrogen-bond acceptors (Lipinski definition) is 11. The van der Waals surface area contributed by atoms with Crippen LogP contribution in [0, 0.1) is 0 Å². The van der Waals surface area contributed by atoms with E-state index in [9.17, 15) is 44.4 Å². The third kappa shape index (κ3) is 9.78. The molecule has 15 nitrogen and oxygen atoms in total. The molecule has 1 aliphatic rings. The normalized spacial score (nSPS) is 17.9. The van der Waals surface area contributed by atoms with Gasteiger partial charge < -0.3 is 29.7 Å². The number of para-hydroxylation sites is 1. The van der Waals surface area contributed by atoms with Gasteiger partial charge in [-0.15, -0.1) is 0 Å². The van der Waals surface area contributed by atoms with Gasteiger partial charge in [0, 0.05) is 71.7 Å². The number of carbonyl (C=O) groups is 4. The molecule has 0 radical (unpaired) electrons. The van der Waals surface area contributed by atoms with Crippen LogP contribution in [0.5, 0.6) is 0 Å². The highest BCUT2D eigenvalue weighted by atomic mass is 16.4. The molecule has 4 N–H and O–H groups in total. The standard InChI is InChI=1S/C32H41N5O10/c1-34-12-16-36(24(31(43)44)8-10-27(38)39)18-14-35(15-19-37(17-13-34)25(32(45)46)9-11-28(40)41)20-21-6-7-23-29(42)22-4-2-3-5-26(22)47-30(23)33-21/h2-7,24-25H,8-20H2,1H3,(H,38,39)(H,40,41)(H,43,44)(H,45,46). The fraction of sp³-hybridized carbons (Fsp3) is 0.500. The summed E-state index contributed by atoms with van der Waals surface area (Å²) >= 11 is 0. The average Bonchev–Trinajstić information content (AvgIpc) is 3.01. The fourth-order valence-corrected chi connectivity index (χ4v) is 5.85. The van der Waals surface area contributed by atoms with Crippen molar-refractivity contribution in [2.24, 2.45) is 0 Å². The Balaban J connectivity index is 1.64. The highest BCUT2D eigenvalue weighted by Crippen LogP contribution is 2.19. The van der Waals surface area contributed by atoms with Crippen LogP contribution in [-0.4, -0.2) is 140 Å². The number of aromatic nitrogens is 1. The van der Waals surface area contributed by atoms with Crippen molar-refractivity contribution in [1.29, 1.82) is 0 Å². The summed E-state index contributed by atoms with van der Waals surface area (Å²) in [6.45, 7) is 3.02. The zero-order chi connectivity index (χ0) is 34.1. The van der Waals surface area contributed by atoms with Crippen LogP contribution >= 0.6 is 0 Å². The van der Waals surface area contributed by atoms with Gasteiger partial charge >= 0.3 is 23.9 Å². The van der Waals surface area contributed by atoms with Gasteiger partial charge in [-0.05, 0) is 44.2 Å². The van der Waals surface area contributed by atoms with Gasteiger partial charge in [-0.3, -0.25) is 38.7 Å². The van der Waals surface area contributed by atoms with Crippen molar-refractivity contribution in [1.82, 2.24) is 24.6 Å². The largest absolute Gasteiger partial charge is 0.481 e. The molecule has 0 spiro atoms. The lowest BCUT2D eigenvalue weighted by molar-refractivity contribution is -0.146. The van der Waals surface area contributed by atoms with Crippen LogP contribution in [-0.2, 0) is 25.7 Å². The maximum Gasteiger partial charge on any atom is 0.320 e. The Bertz CT molecular complexity index is 1590. The number of benzene rings is 1. The molecular weight excluding hydrogens is 614 g/mol. The van der Waals surface area contributed by atoms with Crippen LogP contribution in [0.25, 0.3) is 22.1 Å². The summed E-state index contributed by atoms with van der Waals surface area (Å²) in [4.78, 5) is 72.2. The summed E-state index contributed by atoms with van der Waals surface area (Å²) < 4.78 is 5.94. The molecule has 0 amide bonds. The van der Waals surface area contributed by atoms with E-state index in [1.165, 1.54) is 0 Å². The first-order chi connectivity index (χ1) is 22.4. The minimum atomic E-state index is -1.11. The van der Waals surface area contributed by atoms with E-state index in [1.807, 2.05) is 16.8 Å². The lowest BCUT2D eigenvalue weighted by Crippen LogP contribution is -2.52. The van der Waals surface area contributed by atoms with Gasteiger partial charge in [0.1, 0.15) is 17.7 Å². The zero-order valence-corrected chi connectivity index (χ0v) is 26.3. The Morgan fingerprint density at radius 1 is 0.745 bits per heavy atom. The van der Waals surface area contributed by atoms with E-state index in [1.54, 1.807) is 46.2 Å². The van der Waals surface area contributed by atoms with Gasteiger partial charge in [-0.25, -0.2) is 4.98 Å². The number of likely N-dealkylation sites (N-methyl/N-ethyl adjacent to an activating group) is 1. The fourth-order valence-electron chi connectivity index (χ4n) is 5.85. The van der Waals surface area contributed by atoms with Gasteiger partial charge in [0.2, 0.25) is 11.1 Å². The molecule has 2 atom stereocenters. The third-order valence-corrected chi connectivity index (χ3v) is 8.55. The summed E-state index contributed by atoms with van der Waals surface area (Å²) in [6.07, 6.45) is -0.720. The molecule has 1 fully saturated rings. The molecule has 2 unspecified atom stereocenters. The molecule has 0 bridgehead atoms. The van der Waals surface area contributed by atoms with E-state index in [2.05, 4.69) is 4.98 Å². The summed E-state index contributed by atoms with van der Waals surface area (Å²) in [6, 6.07) is 8.21.